The van der Waals surface area contributed by atoms with E-state index in [0.29, 0.717) is 15.6 Å². The van der Waals surface area contributed by atoms with E-state index in [4.69, 9.17) is 0 Å². The van der Waals surface area contributed by atoms with Crippen molar-refractivity contribution in [2.24, 2.45) is 5.10 Å². The molecule has 2 rings (SSSR count). The molecule has 2 aromatic carbocycles. The maximum absolute atomic E-state index is 12.0. The summed E-state index contributed by atoms with van der Waals surface area (Å²) < 4.78 is 1.54. The molecule has 0 heterocycles. The first-order valence-corrected chi connectivity index (χ1v) is 7.64. The fraction of sp³-hybridized carbons (Fsp3) is 0.0667. The smallest absolute Gasteiger partial charge is 0.272 e. The Balaban J connectivity index is 2.08. The predicted molar refractivity (Wildman–Crippen MR) is 89.7 cm³/mol. The molecule has 0 unspecified atom stereocenters. The number of rotatable bonds is 3. The fourth-order valence-electron chi connectivity index (χ4n) is 1.66. The quantitative estimate of drug-likeness (QED) is 0.592. The van der Waals surface area contributed by atoms with Crippen LogP contribution in [0.25, 0.3) is 0 Å². The van der Waals surface area contributed by atoms with Gasteiger partial charge in [-0.2, -0.15) is 5.10 Å². The third-order valence-corrected chi connectivity index (χ3v) is 3.88. The number of phenols is 1. The third-order valence-electron chi connectivity index (χ3n) is 2.73. The summed E-state index contributed by atoms with van der Waals surface area (Å²) in [6.45, 7) is 1.88. The number of carbonyl (C=O) groups is 1. The van der Waals surface area contributed by atoms with E-state index in [-0.39, 0.29) is 11.7 Å². The van der Waals surface area contributed by atoms with Gasteiger partial charge in [0.1, 0.15) is 5.75 Å². The number of halogens is 2. The number of aromatic hydroxyl groups is 1. The summed E-state index contributed by atoms with van der Waals surface area (Å²) in [7, 11) is 0. The maximum atomic E-state index is 12.0. The molecule has 0 saturated heterocycles. The zero-order valence-corrected chi connectivity index (χ0v) is 14.3. The van der Waals surface area contributed by atoms with E-state index in [0.717, 1.165) is 10.0 Å². The Bertz CT molecular complexity index is 715. The van der Waals surface area contributed by atoms with E-state index in [1.807, 2.05) is 13.0 Å². The summed E-state index contributed by atoms with van der Waals surface area (Å²) in [5, 5.41) is 13.6. The summed E-state index contributed by atoms with van der Waals surface area (Å²) >= 11 is 6.64. The average molecular weight is 412 g/mol. The molecule has 0 radical (unpaired) electrons. The molecule has 0 spiro atoms. The Morgan fingerprint density at radius 1 is 1.24 bits per heavy atom. The van der Waals surface area contributed by atoms with Gasteiger partial charge in [0.2, 0.25) is 0 Å². The Kier molecular flexibility index (Phi) is 5.14. The Morgan fingerprint density at radius 3 is 2.67 bits per heavy atom. The van der Waals surface area contributed by atoms with Gasteiger partial charge in [0.05, 0.1) is 11.8 Å². The van der Waals surface area contributed by atoms with Crippen LogP contribution in [0, 0.1) is 6.92 Å². The molecule has 2 aromatic rings. The molecule has 0 aliphatic heterocycles. The van der Waals surface area contributed by atoms with Crippen LogP contribution in [-0.2, 0) is 0 Å². The highest BCUT2D eigenvalue weighted by Gasteiger charge is 2.09. The monoisotopic (exact) mass is 410 g/mol. The fourth-order valence-corrected chi connectivity index (χ4v) is 2.88. The van der Waals surface area contributed by atoms with Crippen LogP contribution in [-0.4, -0.2) is 17.2 Å². The van der Waals surface area contributed by atoms with Crippen LogP contribution in [0.4, 0.5) is 0 Å². The van der Waals surface area contributed by atoms with Crippen LogP contribution in [0.15, 0.2) is 50.4 Å². The van der Waals surface area contributed by atoms with Gasteiger partial charge >= 0.3 is 0 Å². The van der Waals surface area contributed by atoms with E-state index >= 15 is 0 Å². The van der Waals surface area contributed by atoms with Crippen molar-refractivity contribution in [3.63, 3.8) is 0 Å². The normalized spacial score (nSPS) is 10.8. The van der Waals surface area contributed by atoms with Crippen molar-refractivity contribution in [1.82, 2.24) is 5.43 Å². The van der Waals surface area contributed by atoms with Crippen molar-refractivity contribution in [3.05, 3.63) is 62.0 Å². The number of hydrogen-bond donors (Lipinski definition) is 2. The number of hydrogen-bond acceptors (Lipinski definition) is 3. The van der Waals surface area contributed by atoms with Crippen molar-refractivity contribution >= 4 is 44.0 Å². The Hall–Kier alpha value is -1.66. The lowest BCUT2D eigenvalue weighted by Crippen LogP contribution is -2.18. The molecule has 0 fully saturated rings. The minimum absolute atomic E-state index is 0.123. The third kappa shape index (κ3) is 4.15. The molecule has 21 heavy (non-hydrogen) atoms. The standard InChI is InChI=1S/C15H12Br2N2O2/c1-9-2-3-10(14(20)6-9)8-18-19-15(21)12-5-4-11(16)7-13(12)17/h2-8,20H,1H3,(H,19,21)/b18-8+. The molecule has 0 bridgehead atoms. The lowest BCUT2D eigenvalue weighted by Gasteiger charge is -2.04. The molecular formula is C15H12Br2N2O2. The minimum atomic E-state index is -0.336. The van der Waals surface area contributed by atoms with E-state index in [1.165, 1.54) is 6.21 Å². The second kappa shape index (κ2) is 6.87. The molecule has 4 nitrogen and oxygen atoms in total. The maximum Gasteiger partial charge on any atom is 0.272 e. The van der Waals surface area contributed by atoms with Crippen LogP contribution < -0.4 is 5.43 Å². The van der Waals surface area contributed by atoms with Crippen molar-refractivity contribution < 1.29 is 9.90 Å². The van der Waals surface area contributed by atoms with Crippen LogP contribution in [0.1, 0.15) is 21.5 Å². The van der Waals surface area contributed by atoms with Gasteiger partial charge in [0.15, 0.2) is 0 Å². The lowest BCUT2D eigenvalue weighted by molar-refractivity contribution is 0.0954. The summed E-state index contributed by atoms with van der Waals surface area (Å²) in [6.07, 6.45) is 1.40. The van der Waals surface area contributed by atoms with Gasteiger partial charge < -0.3 is 5.11 Å². The SMILES string of the molecule is Cc1ccc(/C=N/NC(=O)c2ccc(Br)cc2Br)c(O)c1. The minimum Gasteiger partial charge on any atom is -0.507 e. The highest BCUT2D eigenvalue weighted by Crippen LogP contribution is 2.22. The van der Waals surface area contributed by atoms with E-state index in [2.05, 4.69) is 42.4 Å². The van der Waals surface area contributed by atoms with Crippen molar-refractivity contribution in [2.45, 2.75) is 6.92 Å². The molecule has 0 aliphatic carbocycles. The summed E-state index contributed by atoms with van der Waals surface area (Å²) in [5.41, 5.74) is 4.39. The zero-order valence-electron chi connectivity index (χ0n) is 11.1. The van der Waals surface area contributed by atoms with Gasteiger partial charge in [-0.05, 0) is 58.7 Å². The van der Waals surface area contributed by atoms with Crippen molar-refractivity contribution in [1.29, 1.82) is 0 Å². The Morgan fingerprint density at radius 2 is 2.00 bits per heavy atom. The number of nitrogens with one attached hydrogen (secondary N) is 1. The summed E-state index contributed by atoms with van der Waals surface area (Å²) in [5.74, 6) is -0.213. The molecule has 0 aliphatic rings. The van der Waals surface area contributed by atoms with Gasteiger partial charge in [0, 0.05) is 14.5 Å². The lowest BCUT2D eigenvalue weighted by atomic mass is 10.1. The number of benzene rings is 2. The molecule has 0 atom stereocenters. The number of aryl methyl sites for hydroxylation is 1. The topological polar surface area (TPSA) is 61.7 Å². The second-order valence-electron chi connectivity index (χ2n) is 4.39. The van der Waals surface area contributed by atoms with Gasteiger partial charge in [0.25, 0.3) is 5.91 Å². The molecular weight excluding hydrogens is 400 g/mol. The first kappa shape index (κ1) is 15.7. The predicted octanol–water partition coefficient (Wildman–Crippen LogP) is 3.99. The highest BCUT2D eigenvalue weighted by molar-refractivity contribution is 9.11. The molecule has 1 amide bonds. The summed E-state index contributed by atoms with van der Waals surface area (Å²) in [6, 6.07) is 10.5. The van der Waals surface area contributed by atoms with Gasteiger partial charge in [-0.3, -0.25) is 4.79 Å². The van der Waals surface area contributed by atoms with Crippen molar-refractivity contribution in [3.8, 4) is 5.75 Å². The van der Waals surface area contributed by atoms with E-state index < -0.39 is 0 Å². The molecule has 0 aromatic heterocycles. The largest absolute Gasteiger partial charge is 0.507 e. The summed E-state index contributed by atoms with van der Waals surface area (Å²) in [4.78, 5) is 12.0. The molecule has 108 valence electrons. The second-order valence-corrected chi connectivity index (χ2v) is 6.16. The van der Waals surface area contributed by atoms with E-state index in [1.54, 1.807) is 30.3 Å². The van der Waals surface area contributed by atoms with Gasteiger partial charge in [-0.1, -0.05) is 22.0 Å². The van der Waals surface area contributed by atoms with Crippen LogP contribution >= 0.6 is 31.9 Å². The van der Waals surface area contributed by atoms with Crippen molar-refractivity contribution in [2.75, 3.05) is 0 Å². The molecule has 0 saturated carbocycles. The first-order chi connectivity index (χ1) is 9.97. The number of nitrogens with zero attached hydrogens (tertiary/aromatic N) is 1. The number of carbonyl (C=O) groups excluding carboxylic acids is 1. The first-order valence-electron chi connectivity index (χ1n) is 6.05. The Labute approximate surface area is 139 Å². The van der Waals surface area contributed by atoms with Crippen LogP contribution in [0.3, 0.4) is 0 Å². The van der Waals surface area contributed by atoms with Gasteiger partial charge in [-0.25, -0.2) is 5.43 Å². The van der Waals surface area contributed by atoms with Crippen LogP contribution in [0.2, 0.25) is 0 Å². The van der Waals surface area contributed by atoms with Gasteiger partial charge in [-0.15, -0.1) is 0 Å². The average Bonchev–Trinajstić information content (AvgIpc) is 2.41. The number of hydrazone groups is 1. The van der Waals surface area contributed by atoms with E-state index in [9.17, 15) is 9.90 Å². The number of phenolic OH excluding ortho intramolecular Hbond substituents is 1. The zero-order chi connectivity index (χ0) is 15.4. The highest BCUT2D eigenvalue weighted by atomic mass is 79.9. The van der Waals surface area contributed by atoms with Crippen LogP contribution in [0.5, 0.6) is 5.75 Å². The molecule has 2 N–H and O–H groups in total. The molecule has 6 heteroatoms. The number of amides is 1.